The molecule has 1 atom stereocenters. The van der Waals surface area contributed by atoms with Gasteiger partial charge >= 0.3 is 0 Å². The van der Waals surface area contributed by atoms with E-state index in [1.807, 2.05) is 12.3 Å². The van der Waals surface area contributed by atoms with Crippen LogP contribution < -0.4 is 0 Å². The van der Waals surface area contributed by atoms with Crippen LogP contribution in [0.15, 0.2) is 55.0 Å². The van der Waals surface area contributed by atoms with Crippen LogP contribution in [0.2, 0.25) is 0 Å². The molecular formula is C16H17N5. The van der Waals surface area contributed by atoms with Crippen molar-refractivity contribution in [1.82, 2.24) is 24.6 Å². The molecule has 1 aliphatic rings. The van der Waals surface area contributed by atoms with Crippen molar-refractivity contribution >= 4 is 0 Å². The Morgan fingerprint density at radius 1 is 1.14 bits per heavy atom. The first-order valence-corrected chi connectivity index (χ1v) is 7.17. The molecule has 3 aromatic rings. The Morgan fingerprint density at radius 2 is 2.05 bits per heavy atom. The number of aromatic nitrogens is 4. The molecule has 5 heteroatoms. The Balaban J connectivity index is 1.67. The van der Waals surface area contributed by atoms with Gasteiger partial charge in [-0.3, -0.25) is 10.00 Å². The number of aromatic amines is 1. The number of rotatable bonds is 3. The summed E-state index contributed by atoms with van der Waals surface area (Å²) >= 11 is 0. The summed E-state index contributed by atoms with van der Waals surface area (Å²) in [5.74, 6) is 1.13. The highest BCUT2D eigenvalue weighted by molar-refractivity contribution is 5.21. The Kier molecular flexibility index (Phi) is 3.05. The van der Waals surface area contributed by atoms with Crippen LogP contribution in [0.4, 0.5) is 0 Å². The van der Waals surface area contributed by atoms with Gasteiger partial charge in [0.15, 0.2) is 0 Å². The van der Waals surface area contributed by atoms with E-state index in [-0.39, 0.29) is 0 Å². The molecule has 2 aromatic heterocycles. The van der Waals surface area contributed by atoms with Gasteiger partial charge in [-0.25, -0.2) is 4.98 Å². The third-order valence-corrected chi connectivity index (χ3v) is 4.07. The molecule has 106 valence electrons. The molecule has 0 bridgehead atoms. The number of hydrogen-bond acceptors (Lipinski definition) is 3. The van der Waals surface area contributed by atoms with Gasteiger partial charge in [0.25, 0.3) is 0 Å². The highest BCUT2D eigenvalue weighted by Crippen LogP contribution is 2.30. The predicted molar refractivity (Wildman–Crippen MR) is 79.2 cm³/mol. The zero-order chi connectivity index (χ0) is 14.1. The first-order valence-electron chi connectivity index (χ1n) is 7.17. The Morgan fingerprint density at radius 3 is 2.86 bits per heavy atom. The number of hydrogen-bond donors (Lipinski definition) is 1. The number of benzene rings is 1. The molecule has 1 aliphatic heterocycles. The minimum atomic E-state index is 0.358. The Bertz CT molecular complexity index is 701. The second kappa shape index (κ2) is 5.18. The van der Waals surface area contributed by atoms with Gasteiger partial charge in [-0.2, -0.15) is 5.10 Å². The quantitative estimate of drug-likeness (QED) is 0.800. The van der Waals surface area contributed by atoms with Crippen LogP contribution in [0, 0.1) is 0 Å². The molecule has 0 saturated carbocycles. The first kappa shape index (κ1) is 12.3. The van der Waals surface area contributed by atoms with Crippen LogP contribution >= 0.6 is 0 Å². The molecule has 0 spiro atoms. The minimum Gasteiger partial charge on any atom is -0.332 e. The SMILES string of the molecule is c1ccc([C@@H]2Cn3ccnc3CN2Cc2ccn[nH]2)cc1. The average molecular weight is 279 g/mol. The van der Waals surface area contributed by atoms with Crippen molar-refractivity contribution < 1.29 is 0 Å². The van der Waals surface area contributed by atoms with Crippen molar-refractivity contribution in [3.63, 3.8) is 0 Å². The molecule has 3 heterocycles. The van der Waals surface area contributed by atoms with Gasteiger partial charge in [0.2, 0.25) is 0 Å². The van der Waals surface area contributed by atoms with E-state index in [4.69, 9.17) is 0 Å². The van der Waals surface area contributed by atoms with Crippen LogP contribution in [0.25, 0.3) is 0 Å². The summed E-state index contributed by atoms with van der Waals surface area (Å²) < 4.78 is 2.25. The highest BCUT2D eigenvalue weighted by atomic mass is 15.3. The van der Waals surface area contributed by atoms with E-state index in [1.54, 1.807) is 6.20 Å². The molecule has 4 rings (SSSR count). The topological polar surface area (TPSA) is 49.7 Å². The molecule has 1 N–H and O–H groups in total. The van der Waals surface area contributed by atoms with Crippen LogP contribution in [0.5, 0.6) is 0 Å². The fraction of sp³-hybridized carbons (Fsp3) is 0.250. The van der Waals surface area contributed by atoms with Crippen molar-refractivity contribution in [2.24, 2.45) is 0 Å². The number of fused-ring (bicyclic) bond motifs is 1. The molecular weight excluding hydrogens is 262 g/mol. The summed E-state index contributed by atoms with van der Waals surface area (Å²) in [6, 6.07) is 13.1. The maximum absolute atomic E-state index is 4.46. The number of nitrogens with one attached hydrogen (secondary N) is 1. The summed E-state index contributed by atoms with van der Waals surface area (Å²) in [5, 5.41) is 7.10. The lowest BCUT2D eigenvalue weighted by Crippen LogP contribution is -2.36. The van der Waals surface area contributed by atoms with Gasteiger partial charge in [-0.15, -0.1) is 0 Å². The lowest BCUT2D eigenvalue weighted by molar-refractivity contribution is 0.126. The van der Waals surface area contributed by atoms with E-state index >= 15 is 0 Å². The van der Waals surface area contributed by atoms with Crippen molar-refractivity contribution in [2.45, 2.75) is 25.7 Å². The summed E-state index contributed by atoms with van der Waals surface area (Å²) in [4.78, 5) is 6.91. The lowest BCUT2D eigenvalue weighted by atomic mass is 10.0. The van der Waals surface area contributed by atoms with Gasteiger partial charge in [-0.05, 0) is 11.6 Å². The van der Waals surface area contributed by atoms with Crippen LogP contribution in [-0.4, -0.2) is 24.6 Å². The van der Waals surface area contributed by atoms with Crippen LogP contribution in [0.3, 0.4) is 0 Å². The monoisotopic (exact) mass is 279 g/mol. The zero-order valence-electron chi connectivity index (χ0n) is 11.7. The largest absolute Gasteiger partial charge is 0.332 e. The van der Waals surface area contributed by atoms with Gasteiger partial charge in [-0.1, -0.05) is 30.3 Å². The normalized spacial score (nSPS) is 18.6. The van der Waals surface area contributed by atoms with Gasteiger partial charge < -0.3 is 4.57 Å². The molecule has 0 saturated heterocycles. The van der Waals surface area contributed by atoms with E-state index in [0.717, 1.165) is 31.2 Å². The molecule has 0 unspecified atom stereocenters. The highest BCUT2D eigenvalue weighted by Gasteiger charge is 2.28. The Labute approximate surface area is 123 Å². The van der Waals surface area contributed by atoms with Crippen molar-refractivity contribution in [3.8, 4) is 0 Å². The molecule has 5 nitrogen and oxygen atoms in total. The second-order valence-electron chi connectivity index (χ2n) is 5.41. The van der Waals surface area contributed by atoms with E-state index in [1.165, 1.54) is 5.56 Å². The molecule has 1 aromatic carbocycles. The fourth-order valence-corrected chi connectivity index (χ4v) is 3.00. The van der Waals surface area contributed by atoms with E-state index in [0.29, 0.717) is 6.04 Å². The summed E-state index contributed by atoms with van der Waals surface area (Å²) in [6.45, 7) is 2.64. The number of H-pyrrole nitrogens is 1. The number of nitrogens with zero attached hydrogens (tertiary/aromatic N) is 4. The maximum atomic E-state index is 4.46. The standard InChI is InChI=1S/C16H17N5/c1-2-4-13(5-3-1)15-11-20-9-8-17-16(20)12-21(15)10-14-6-7-18-19-14/h1-9,15H,10-12H2,(H,18,19)/t15-/m0/s1. The summed E-state index contributed by atoms with van der Waals surface area (Å²) in [7, 11) is 0. The second-order valence-corrected chi connectivity index (χ2v) is 5.41. The van der Waals surface area contributed by atoms with Crippen molar-refractivity contribution in [2.75, 3.05) is 0 Å². The minimum absolute atomic E-state index is 0.358. The molecule has 21 heavy (non-hydrogen) atoms. The molecule has 0 aliphatic carbocycles. The van der Waals surface area contributed by atoms with Crippen LogP contribution in [0.1, 0.15) is 23.1 Å². The third-order valence-electron chi connectivity index (χ3n) is 4.07. The first-order chi connectivity index (χ1) is 10.4. The van der Waals surface area contributed by atoms with Crippen molar-refractivity contribution in [1.29, 1.82) is 0 Å². The van der Waals surface area contributed by atoms with Crippen LogP contribution in [-0.2, 0) is 19.6 Å². The fourth-order valence-electron chi connectivity index (χ4n) is 3.00. The van der Waals surface area contributed by atoms with E-state index in [9.17, 15) is 0 Å². The smallest absolute Gasteiger partial charge is 0.122 e. The maximum Gasteiger partial charge on any atom is 0.122 e. The molecule has 0 fully saturated rings. The zero-order valence-corrected chi connectivity index (χ0v) is 11.7. The Hall–Kier alpha value is -2.40. The van der Waals surface area contributed by atoms with E-state index < -0.39 is 0 Å². The van der Waals surface area contributed by atoms with Gasteiger partial charge in [0.05, 0.1) is 12.6 Å². The molecule has 0 amide bonds. The summed E-state index contributed by atoms with van der Waals surface area (Å²) in [5.41, 5.74) is 2.48. The van der Waals surface area contributed by atoms with Crippen molar-refractivity contribution in [3.05, 3.63) is 72.1 Å². The van der Waals surface area contributed by atoms with E-state index in [2.05, 4.69) is 61.2 Å². The average Bonchev–Trinajstić information content (AvgIpc) is 3.18. The van der Waals surface area contributed by atoms with Gasteiger partial charge in [0.1, 0.15) is 5.82 Å². The third kappa shape index (κ3) is 2.36. The number of imidazole rings is 1. The summed E-state index contributed by atoms with van der Waals surface area (Å²) in [6.07, 6.45) is 5.76. The van der Waals surface area contributed by atoms with Gasteiger partial charge in [0, 0.05) is 37.4 Å². The lowest BCUT2D eigenvalue weighted by Gasteiger charge is -2.36. The molecule has 0 radical (unpaired) electrons. The predicted octanol–water partition coefficient (Wildman–Crippen LogP) is 2.36.